The van der Waals surface area contributed by atoms with Crippen molar-refractivity contribution in [2.24, 2.45) is 0 Å². The summed E-state index contributed by atoms with van der Waals surface area (Å²) in [5.74, 6) is 1.51. The first-order chi connectivity index (χ1) is 8.84. The zero-order valence-electron chi connectivity index (χ0n) is 10.6. The first-order valence-corrected chi connectivity index (χ1v) is 7.84. The lowest BCUT2D eigenvalue weighted by Crippen LogP contribution is -2.22. The smallest absolute Gasteiger partial charge is 0.191 e. The van der Waals surface area contributed by atoms with Crippen molar-refractivity contribution in [3.8, 4) is 0 Å². The highest BCUT2D eigenvalue weighted by Crippen LogP contribution is 2.31. The number of carbonyl (C=O) groups excluding carboxylic acids is 1. The summed E-state index contributed by atoms with van der Waals surface area (Å²) in [6.07, 6.45) is 8.72. The van der Waals surface area contributed by atoms with Gasteiger partial charge in [-0.25, -0.2) is 0 Å². The van der Waals surface area contributed by atoms with Crippen molar-refractivity contribution in [1.29, 1.82) is 0 Å². The Morgan fingerprint density at radius 1 is 1.06 bits per heavy atom. The third kappa shape index (κ3) is 2.46. The van der Waals surface area contributed by atoms with Crippen molar-refractivity contribution >= 4 is 17.5 Å². The van der Waals surface area contributed by atoms with Gasteiger partial charge in [-0.2, -0.15) is 0 Å². The average Bonchev–Trinajstić information content (AvgIpc) is 2.62. The van der Waals surface area contributed by atoms with Gasteiger partial charge in [0.25, 0.3) is 0 Å². The van der Waals surface area contributed by atoms with E-state index < -0.39 is 0 Å². The topological polar surface area (TPSA) is 47.8 Å². The predicted octanol–water partition coefficient (Wildman–Crippen LogP) is 2.61. The molecule has 1 saturated carbocycles. The second kappa shape index (κ2) is 5.43. The number of Topliss-reactive ketones (excluding diaryl/α,β-unsaturated/α-hetero) is 1. The first-order valence-electron chi connectivity index (χ1n) is 6.96. The van der Waals surface area contributed by atoms with Crippen LogP contribution in [0.3, 0.4) is 0 Å². The Hall–Kier alpha value is -0.840. The molecule has 1 atom stereocenters. The van der Waals surface area contributed by atoms with E-state index in [9.17, 15) is 4.79 Å². The van der Waals surface area contributed by atoms with Gasteiger partial charge in [-0.05, 0) is 25.7 Å². The largest absolute Gasteiger partial charge is 0.306 e. The summed E-state index contributed by atoms with van der Waals surface area (Å²) in [5, 5.41) is 9.67. The molecule has 1 aromatic rings. The second-order valence-electron chi connectivity index (χ2n) is 5.18. The number of nitrogens with zero attached hydrogens (tertiary/aromatic N) is 3. The zero-order valence-corrected chi connectivity index (χ0v) is 11.4. The van der Waals surface area contributed by atoms with Crippen LogP contribution < -0.4 is 0 Å². The molecule has 1 unspecified atom stereocenters. The number of hydrogen-bond acceptors (Lipinski definition) is 4. The van der Waals surface area contributed by atoms with Crippen LogP contribution in [-0.4, -0.2) is 25.8 Å². The fourth-order valence-corrected chi connectivity index (χ4v) is 3.95. The van der Waals surface area contributed by atoms with Crippen molar-refractivity contribution in [3.63, 3.8) is 0 Å². The summed E-state index contributed by atoms with van der Waals surface area (Å²) in [6, 6.07) is 0. The fraction of sp³-hybridized carbons (Fsp3) is 0.769. The van der Waals surface area contributed by atoms with Crippen molar-refractivity contribution < 1.29 is 4.79 Å². The average molecular weight is 265 g/mol. The van der Waals surface area contributed by atoms with E-state index in [4.69, 9.17) is 0 Å². The molecule has 5 heteroatoms. The standard InChI is InChI=1S/C13H19N3OS/c17-10-6-3-4-7-11(10)18-13-15-14-12-8-2-1-5-9-16(12)13/h11H,1-9H2. The minimum atomic E-state index is 0.121. The summed E-state index contributed by atoms with van der Waals surface area (Å²) in [7, 11) is 0. The van der Waals surface area contributed by atoms with E-state index in [-0.39, 0.29) is 5.25 Å². The quantitative estimate of drug-likeness (QED) is 0.824. The Kier molecular flexibility index (Phi) is 3.68. The van der Waals surface area contributed by atoms with E-state index in [0.29, 0.717) is 5.78 Å². The van der Waals surface area contributed by atoms with E-state index in [2.05, 4.69) is 14.8 Å². The molecule has 0 bridgehead atoms. The molecule has 1 fully saturated rings. The molecular formula is C13H19N3OS. The molecule has 3 rings (SSSR count). The van der Waals surface area contributed by atoms with Crippen molar-refractivity contribution in [1.82, 2.24) is 14.8 Å². The number of thioether (sulfide) groups is 1. The Bertz CT molecular complexity index is 443. The van der Waals surface area contributed by atoms with Crippen LogP contribution in [0.4, 0.5) is 0 Å². The molecule has 18 heavy (non-hydrogen) atoms. The first kappa shape index (κ1) is 12.2. The normalized spacial score (nSPS) is 24.7. The van der Waals surface area contributed by atoms with Gasteiger partial charge < -0.3 is 4.57 Å². The lowest BCUT2D eigenvalue weighted by Gasteiger charge is -2.19. The Labute approximate surface area is 112 Å². The molecule has 1 aliphatic heterocycles. The lowest BCUT2D eigenvalue weighted by atomic mass is 9.99. The van der Waals surface area contributed by atoms with Gasteiger partial charge in [0, 0.05) is 19.4 Å². The molecule has 2 aliphatic rings. The van der Waals surface area contributed by atoms with Crippen LogP contribution in [0, 0.1) is 0 Å². The van der Waals surface area contributed by atoms with Crippen LogP contribution in [0.2, 0.25) is 0 Å². The minimum Gasteiger partial charge on any atom is -0.306 e. The zero-order chi connectivity index (χ0) is 12.4. The van der Waals surface area contributed by atoms with Crippen LogP contribution in [0.1, 0.15) is 50.8 Å². The van der Waals surface area contributed by atoms with Crippen LogP contribution in [0.5, 0.6) is 0 Å². The summed E-state index contributed by atoms with van der Waals surface area (Å²) in [6.45, 7) is 1.02. The van der Waals surface area contributed by atoms with Crippen LogP contribution in [-0.2, 0) is 17.8 Å². The van der Waals surface area contributed by atoms with Gasteiger partial charge in [-0.1, -0.05) is 24.6 Å². The highest BCUT2D eigenvalue weighted by molar-refractivity contribution is 8.00. The Balaban J connectivity index is 1.76. The van der Waals surface area contributed by atoms with Gasteiger partial charge in [-0.15, -0.1) is 10.2 Å². The van der Waals surface area contributed by atoms with Gasteiger partial charge in [0.15, 0.2) is 5.16 Å². The van der Waals surface area contributed by atoms with Crippen LogP contribution in [0.15, 0.2) is 5.16 Å². The number of ketones is 1. The Morgan fingerprint density at radius 2 is 1.94 bits per heavy atom. The van der Waals surface area contributed by atoms with Crippen molar-refractivity contribution in [2.75, 3.05) is 0 Å². The maximum Gasteiger partial charge on any atom is 0.191 e. The van der Waals surface area contributed by atoms with Crippen LogP contribution in [0.25, 0.3) is 0 Å². The number of aryl methyl sites for hydroxylation is 1. The SMILES string of the molecule is O=C1CCCCC1Sc1nnc2n1CCCCC2. The number of fused-ring (bicyclic) bond motifs is 1. The van der Waals surface area contributed by atoms with E-state index in [1.165, 1.54) is 25.7 Å². The van der Waals surface area contributed by atoms with E-state index in [1.807, 2.05) is 0 Å². The van der Waals surface area contributed by atoms with Gasteiger partial charge >= 0.3 is 0 Å². The summed E-state index contributed by atoms with van der Waals surface area (Å²) < 4.78 is 2.24. The Morgan fingerprint density at radius 3 is 2.83 bits per heavy atom. The maximum atomic E-state index is 11.9. The third-order valence-electron chi connectivity index (χ3n) is 3.82. The molecule has 2 heterocycles. The molecular weight excluding hydrogens is 246 g/mol. The van der Waals surface area contributed by atoms with Gasteiger partial charge in [-0.3, -0.25) is 4.79 Å². The molecule has 0 N–H and O–H groups in total. The van der Waals surface area contributed by atoms with Crippen molar-refractivity contribution in [2.45, 2.75) is 68.3 Å². The molecule has 4 nitrogen and oxygen atoms in total. The van der Waals surface area contributed by atoms with E-state index in [1.54, 1.807) is 11.8 Å². The molecule has 0 radical (unpaired) electrons. The number of carbonyl (C=O) groups is 1. The van der Waals surface area contributed by atoms with Gasteiger partial charge in [0.1, 0.15) is 11.6 Å². The summed E-state index contributed by atoms with van der Waals surface area (Å²) in [4.78, 5) is 11.9. The molecule has 1 aliphatic carbocycles. The number of aromatic nitrogens is 3. The van der Waals surface area contributed by atoms with Crippen LogP contribution >= 0.6 is 11.8 Å². The third-order valence-corrected chi connectivity index (χ3v) is 5.12. The summed E-state index contributed by atoms with van der Waals surface area (Å²) in [5.41, 5.74) is 0. The highest BCUT2D eigenvalue weighted by Gasteiger charge is 2.26. The summed E-state index contributed by atoms with van der Waals surface area (Å²) >= 11 is 1.64. The van der Waals surface area contributed by atoms with E-state index in [0.717, 1.165) is 43.2 Å². The monoisotopic (exact) mass is 265 g/mol. The second-order valence-corrected chi connectivity index (χ2v) is 6.35. The maximum absolute atomic E-state index is 11.9. The highest BCUT2D eigenvalue weighted by atomic mass is 32.2. The number of rotatable bonds is 2. The molecule has 98 valence electrons. The predicted molar refractivity (Wildman–Crippen MR) is 70.7 cm³/mol. The molecule has 0 spiro atoms. The van der Waals surface area contributed by atoms with Crippen molar-refractivity contribution in [3.05, 3.63) is 5.82 Å². The van der Waals surface area contributed by atoms with Gasteiger partial charge in [0.2, 0.25) is 0 Å². The number of hydrogen-bond donors (Lipinski definition) is 0. The molecule has 0 amide bonds. The lowest BCUT2D eigenvalue weighted by molar-refractivity contribution is -0.119. The molecule has 0 aromatic carbocycles. The van der Waals surface area contributed by atoms with E-state index >= 15 is 0 Å². The fourth-order valence-electron chi connectivity index (χ4n) is 2.75. The van der Waals surface area contributed by atoms with Gasteiger partial charge in [0.05, 0.1) is 5.25 Å². The minimum absolute atomic E-state index is 0.121. The molecule has 1 aromatic heterocycles. The molecule has 0 saturated heterocycles.